The fourth-order valence-electron chi connectivity index (χ4n) is 5.59. The van der Waals surface area contributed by atoms with Gasteiger partial charge in [-0.05, 0) is 51.5 Å². The van der Waals surface area contributed by atoms with Crippen molar-refractivity contribution in [3.63, 3.8) is 0 Å². The first-order chi connectivity index (χ1) is 21.7. The molecule has 0 aliphatic rings. The van der Waals surface area contributed by atoms with Crippen LogP contribution in [0.5, 0.6) is 0 Å². The molecule has 0 saturated carbocycles. The summed E-state index contributed by atoms with van der Waals surface area (Å²) in [5.41, 5.74) is 10.5. The molecule has 0 saturated heterocycles. The van der Waals surface area contributed by atoms with Gasteiger partial charge in [-0.15, -0.1) is 53.6 Å². The summed E-state index contributed by atoms with van der Waals surface area (Å²) in [7, 11) is -1.23. The first-order valence-corrected chi connectivity index (χ1v) is 19.0. The maximum atomic E-state index is 6.35. The van der Waals surface area contributed by atoms with Crippen molar-refractivity contribution in [3.05, 3.63) is 139 Å². The summed E-state index contributed by atoms with van der Waals surface area (Å²) in [5.74, 6) is 0.458. The molecule has 46 heavy (non-hydrogen) atoms. The van der Waals surface area contributed by atoms with Gasteiger partial charge in [-0.1, -0.05) is 112 Å². The molecule has 0 aliphatic heterocycles. The van der Waals surface area contributed by atoms with Gasteiger partial charge in [0.15, 0.2) is 0 Å². The summed E-state index contributed by atoms with van der Waals surface area (Å²) in [4.78, 5) is 9.16. The molecule has 0 N–H and O–H groups in total. The van der Waals surface area contributed by atoms with E-state index < -0.39 is 8.07 Å². The molecule has 5 heteroatoms. The second-order valence-electron chi connectivity index (χ2n) is 12.8. The standard InChI is InChI=1S/C27H22NO.C14H16NSi.Ir/c1-17(2)24-15-25(28-16-18(24)3)20-12-13-22-23-11-7-10-21(19-8-5-4-6-9-19)27(23)29-26(22)14-20;1-16(2,3)13-9-10-14(15-11-13)12-7-5-4-6-8-12;/h4-11,13-17H,1-3H3;4-7,9-11H,1-3H3;/q2*-1;. The number of hydrogen-bond acceptors (Lipinski definition) is 3. The number of aromatic nitrogens is 2. The van der Waals surface area contributed by atoms with Crippen molar-refractivity contribution < 1.29 is 24.5 Å². The van der Waals surface area contributed by atoms with Crippen LogP contribution < -0.4 is 5.19 Å². The normalized spacial score (nSPS) is 11.3. The molecule has 0 aliphatic carbocycles. The number of fused-ring (bicyclic) bond motifs is 3. The van der Waals surface area contributed by atoms with Crippen LogP contribution in [-0.4, -0.2) is 18.0 Å². The Kier molecular flexibility index (Phi) is 10.2. The van der Waals surface area contributed by atoms with Crippen LogP contribution in [0.15, 0.2) is 120 Å². The first kappa shape index (κ1) is 33.2. The second-order valence-corrected chi connectivity index (χ2v) is 17.9. The second kappa shape index (κ2) is 14.1. The van der Waals surface area contributed by atoms with Gasteiger partial charge in [0.05, 0.1) is 13.7 Å². The Bertz CT molecular complexity index is 2060. The van der Waals surface area contributed by atoms with E-state index in [9.17, 15) is 0 Å². The largest absolute Gasteiger partial charge is 0.476 e. The predicted octanol–water partition coefficient (Wildman–Crippen LogP) is 10.6. The third-order valence-corrected chi connectivity index (χ3v) is 10.2. The number of hydrogen-bond donors (Lipinski definition) is 0. The molecule has 7 rings (SSSR count). The number of para-hydroxylation sites is 1. The summed E-state index contributed by atoms with van der Waals surface area (Å²) in [6.45, 7) is 13.5. The van der Waals surface area contributed by atoms with E-state index in [0.717, 1.165) is 55.6 Å². The van der Waals surface area contributed by atoms with E-state index in [0.29, 0.717) is 5.92 Å². The number of furan rings is 1. The van der Waals surface area contributed by atoms with E-state index in [1.54, 1.807) is 0 Å². The van der Waals surface area contributed by atoms with Crippen LogP contribution in [0.4, 0.5) is 0 Å². The molecule has 0 amide bonds. The fraction of sp³-hybridized carbons (Fsp3) is 0.171. The molecule has 3 heterocycles. The molecule has 1 radical (unpaired) electrons. The van der Waals surface area contributed by atoms with Crippen LogP contribution in [0.25, 0.3) is 55.6 Å². The Hall–Kier alpha value is -4.15. The summed E-state index contributed by atoms with van der Waals surface area (Å²) in [6.07, 6.45) is 3.97. The van der Waals surface area contributed by atoms with Crippen molar-refractivity contribution in [1.82, 2.24) is 9.97 Å². The Labute approximate surface area is 287 Å². The molecular weight excluding hydrogens is 757 g/mol. The van der Waals surface area contributed by atoms with Crippen LogP contribution in [-0.2, 0) is 20.1 Å². The van der Waals surface area contributed by atoms with E-state index >= 15 is 0 Å². The third-order valence-electron chi connectivity index (χ3n) is 8.17. The summed E-state index contributed by atoms with van der Waals surface area (Å²) >= 11 is 0. The minimum atomic E-state index is -1.23. The van der Waals surface area contributed by atoms with Crippen LogP contribution in [0.3, 0.4) is 0 Å². The third kappa shape index (κ3) is 7.13. The topological polar surface area (TPSA) is 38.9 Å². The van der Waals surface area contributed by atoms with E-state index in [-0.39, 0.29) is 20.1 Å². The van der Waals surface area contributed by atoms with Crippen molar-refractivity contribution >= 4 is 35.2 Å². The zero-order chi connectivity index (χ0) is 31.6. The maximum absolute atomic E-state index is 6.35. The molecular formula is C41H38IrN2OSi-2. The number of pyridine rings is 2. The Balaban J connectivity index is 0.000000209. The number of aryl methyl sites for hydroxylation is 1. The van der Waals surface area contributed by atoms with Gasteiger partial charge in [0.1, 0.15) is 5.58 Å². The monoisotopic (exact) mass is 795 g/mol. The average molecular weight is 795 g/mol. The van der Waals surface area contributed by atoms with Crippen molar-refractivity contribution in [3.8, 4) is 33.6 Å². The summed E-state index contributed by atoms with van der Waals surface area (Å²) in [6, 6.07) is 41.8. The van der Waals surface area contributed by atoms with Gasteiger partial charge in [-0.3, -0.25) is 0 Å². The van der Waals surface area contributed by atoms with E-state index in [2.05, 4.69) is 129 Å². The smallest absolute Gasteiger partial charge is 0.131 e. The molecule has 0 unspecified atom stereocenters. The van der Waals surface area contributed by atoms with Gasteiger partial charge in [0, 0.05) is 38.1 Å². The van der Waals surface area contributed by atoms with Gasteiger partial charge in [-0.2, -0.15) is 0 Å². The molecule has 0 fully saturated rings. The number of nitrogens with zero attached hydrogens (tertiary/aromatic N) is 2. The van der Waals surface area contributed by atoms with Crippen molar-refractivity contribution in [2.45, 2.75) is 46.3 Å². The van der Waals surface area contributed by atoms with Gasteiger partial charge in [0.25, 0.3) is 0 Å². The minimum Gasteiger partial charge on any atom is -0.476 e. The zero-order valence-corrected chi connectivity index (χ0v) is 30.6. The zero-order valence-electron chi connectivity index (χ0n) is 27.2. The number of rotatable bonds is 5. The van der Waals surface area contributed by atoms with Gasteiger partial charge in [0.2, 0.25) is 0 Å². The van der Waals surface area contributed by atoms with Crippen LogP contribution in [0, 0.1) is 19.1 Å². The molecule has 0 spiro atoms. The van der Waals surface area contributed by atoms with Gasteiger partial charge in [-0.25, -0.2) is 0 Å². The summed E-state index contributed by atoms with van der Waals surface area (Å²) < 4.78 is 6.35. The molecule has 233 valence electrons. The van der Waals surface area contributed by atoms with E-state index in [1.807, 2.05) is 48.8 Å². The van der Waals surface area contributed by atoms with Crippen molar-refractivity contribution in [1.29, 1.82) is 0 Å². The SMILES string of the molecule is C[Si](C)(C)c1ccc(-c2[c-]cccc2)nc1.Cc1cnc(-c2[c-]cc3c(c2)oc2c(-c4ccccc4)cccc23)cc1C(C)C.[Ir]. The quantitative estimate of drug-likeness (QED) is 0.129. The maximum Gasteiger partial charge on any atom is 0.131 e. The van der Waals surface area contributed by atoms with E-state index in [4.69, 9.17) is 4.42 Å². The fourth-order valence-corrected chi connectivity index (χ4v) is 6.62. The molecule has 7 aromatic rings. The average Bonchev–Trinajstić information content (AvgIpc) is 3.44. The van der Waals surface area contributed by atoms with Crippen LogP contribution in [0.2, 0.25) is 19.6 Å². The number of benzene rings is 4. The van der Waals surface area contributed by atoms with Crippen LogP contribution >= 0.6 is 0 Å². The molecule has 0 atom stereocenters. The minimum absolute atomic E-state index is 0. The molecule has 3 aromatic heterocycles. The Morgan fingerprint density at radius 3 is 2.15 bits per heavy atom. The summed E-state index contributed by atoms with van der Waals surface area (Å²) in [5, 5.41) is 3.59. The molecule has 3 nitrogen and oxygen atoms in total. The molecule has 4 aromatic carbocycles. The first-order valence-electron chi connectivity index (χ1n) is 15.5. The Morgan fingerprint density at radius 1 is 0.717 bits per heavy atom. The molecule has 0 bridgehead atoms. The van der Waals surface area contributed by atoms with Crippen LogP contribution in [0.1, 0.15) is 30.9 Å². The van der Waals surface area contributed by atoms with E-state index in [1.165, 1.54) is 16.3 Å². The predicted molar refractivity (Wildman–Crippen MR) is 192 cm³/mol. The Morgan fingerprint density at radius 2 is 1.48 bits per heavy atom. The van der Waals surface area contributed by atoms with Crippen molar-refractivity contribution in [2.75, 3.05) is 0 Å². The van der Waals surface area contributed by atoms with Crippen molar-refractivity contribution in [2.24, 2.45) is 0 Å². The van der Waals surface area contributed by atoms with Gasteiger partial charge >= 0.3 is 0 Å². The van der Waals surface area contributed by atoms with Gasteiger partial charge < -0.3 is 14.4 Å².